The highest BCUT2D eigenvalue weighted by Gasteiger charge is 2.30. The number of hydrogen-bond donors (Lipinski definition) is 0. The van der Waals surface area contributed by atoms with E-state index < -0.39 is 0 Å². The molecule has 1 atom stereocenters. The fourth-order valence-electron chi connectivity index (χ4n) is 4.19. The topological polar surface area (TPSA) is 60.3 Å². The van der Waals surface area contributed by atoms with Crippen LogP contribution in [0.4, 0.5) is 0 Å². The van der Waals surface area contributed by atoms with Gasteiger partial charge in [-0.2, -0.15) is 0 Å². The molecule has 7 heteroatoms. The Balaban J connectivity index is 1.75. The van der Waals surface area contributed by atoms with E-state index in [1.165, 1.54) is 31.0 Å². The lowest BCUT2D eigenvalue weighted by atomic mass is 9.95. The molecule has 6 nitrogen and oxygen atoms in total. The molecular weight excluding hydrogens is 420 g/mol. The molecule has 1 aliphatic rings. The zero-order valence-corrected chi connectivity index (χ0v) is 19.7. The molecule has 1 saturated carbocycles. The molecule has 168 valence electrons. The zero-order chi connectivity index (χ0) is 22.5. The molecule has 4 rings (SSSR count). The molecule has 1 amide bonds. The van der Waals surface area contributed by atoms with E-state index in [2.05, 4.69) is 14.8 Å². The molecule has 2 aromatic carbocycles. The quantitative estimate of drug-likeness (QED) is 0.452. The SMILES string of the molecule is COc1ccc(-c2nnc(S[C@H](C(=O)N(C)C)c3ccccc3)n2C2CCCCC2)cc1. The summed E-state index contributed by atoms with van der Waals surface area (Å²) in [5, 5.41) is 9.61. The Hall–Kier alpha value is -2.80. The molecule has 0 bridgehead atoms. The highest BCUT2D eigenvalue weighted by Crippen LogP contribution is 2.41. The molecule has 1 fully saturated rings. The lowest BCUT2D eigenvalue weighted by molar-refractivity contribution is -0.128. The number of ether oxygens (including phenoxy) is 1. The van der Waals surface area contributed by atoms with E-state index in [0.717, 1.165) is 40.7 Å². The number of carbonyl (C=O) groups is 1. The molecule has 0 saturated heterocycles. The fraction of sp³-hybridized carbons (Fsp3) is 0.400. The van der Waals surface area contributed by atoms with Gasteiger partial charge in [0.15, 0.2) is 11.0 Å². The van der Waals surface area contributed by atoms with Crippen LogP contribution in [-0.4, -0.2) is 46.8 Å². The van der Waals surface area contributed by atoms with Gasteiger partial charge in [-0.05, 0) is 42.7 Å². The molecule has 0 spiro atoms. The van der Waals surface area contributed by atoms with Gasteiger partial charge in [-0.25, -0.2) is 0 Å². The number of carbonyl (C=O) groups excluding carboxylic acids is 1. The van der Waals surface area contributed by atoms with Crippen molar-refractivity contribution in [2.75, 3.05) is 21.2 Å². The molecule has 3 aromatic rings. The highest BCUT2D eigenvalue weighted by molar-refractivity contribution is 8.00. The first-order valence-corrected chi connectivity index (χ1v) is 12.0. The van der Waals surface area contributed by atoms with Crippen molar-refractivity contribution < 1.29 is 9.53 Å². The maximum atomic E-state index is 13.1. The first-order valence-electron chi connectivity index (χ1n) is 11.1. The zero-order valence-electron chi connectivity index (χ0n) is 18.9. The van der Waals surface area contributed by atoms with Gasteiger partial charge in [-0.15, -0.1) is 10.2 Å². The summed E-state index contributed by atoms with van der Waals surface area (Å²) in [5.74, 6) is 1.71. The molecule has 32 heavy (non-hydrogen) atoms. The lowest BCUT2D eigenvalue weighted by Crippen LogP contribution is -2.27. The maximum Gasteiger partial charge on any atom is 0.240 e. The van der Waals surface area contributed by atoms with E-state index in [9.17, 15) is 4.79 Å². The van der Waals surface area contributed by atoms with Crippen LogP contribution in [0.15, 0.2) is 59.8 Å². The average Bonchev–Trinajstić information content (AvgIpc) is 3.26. The third-order valence-corrected chi connectivity index (χ3v) is 7.14. The van der Waals surface area contributed by atoms with E-state index in [4.69, 9.17) is 4.74 Å². The number of likely N-dealkylation sites (N-methyl/N-ethyl adjacent to an activating group) is 1. The second kappa shape index (κ2) is 10.2. The summed E-state index contributed by atoms with van der Waals surface area (Å²) in [5.41, 5.74) is 1.98. The summed E-state index contributed by atoms with van der Waals surface area (Å²) in [6.07, 6.45) is 5.88. The van der Waals surface area contributed by atoms with Crippen molar-refractivity contribution in [3.63, 3.8) is 0 Å². The summed E-state index contributed by atoms with van der Waals surface area (Å²) in [4.78, 5) is 14.8. The Labute approximate surface area is 194 Å². The van der Waals surface area contributed by atoms with Crippen LogP contribution in [0, 0.1) is 0 Å². The van der Waals surface area contributed by atoms with Crippen LogP contribution in [0.1, 0.15) is 49.0 Å². The molecule has 1 aliphatic carbocycles. The molecule has 1 heterocycles. The third-order valence-electron chi connectivity index (χ3n) is 5.94. The number of nitrogens with zero attached hydrogens (tertiary/aromatic N) is 4. The predicted molar refractivity (Wildman–Crippen MR) is 128 cm³/mol. The van der Waals surface area contributed by atoms with Gasteiger partial charge in [0.05, 0.1) is 7.11 Å². The van der Waals surface area contributed by atoms with Crippen LogP contribution >= 0.6 is 11.8 Å². The summed E-state index contributed by atoms with van der Waals surface area (Å²) in [6.45, 7) is 0. The average molecular weight is 451 g/mol. The molecule has 0 radical (unpaired) electrons. The Morgan fingerprint density at radius 3 is 2.34 bits per heavy atom. The van der Waals surface area contributed by atoms with Crippen molar-refractivity contribution in [1.82, 2.24) is 19.7 Å². The van der Waals surface area contributed by atoms with Crippen LogP contribution in [0.2, 0.25) is 0 Å². The van der Waals surface area contributed by atoms with Gasteiger partial charge in [0, 0.05) is 25.7 Å². The van der Waals surface area contributed by atoms with Crippen LogP contribution in [0.5, 0.6) is 5.75 Å². The Bertz CT molecular complexity index is 1030. The highest BCUT2D eigenvalue weighted by atomic mass is 32.2. The summed E-state index contributed by atoms with van der Waals surface area (Å²) >= 11 is 1.50. The lowest BCUT2D eigenvalue weighted by Gasteiger charge is -2.27. The van der Waals surface area contributed by atoms with Crippen molar-refractivity contribution in [3.8, 4) is 17.1 Å². The summed E-state index contributed by atoms with van der Waals surface area (Å²) in [7, 11) is 5.26. The van der Waals surface area contributed by atoms with Gasteiger partial charge in [0.25, 0.3) is 0 Å². The van der Waals surface area contributed by atoms with Crippen LogP contribution in [0.3, 0.4) is 0 Å². The van der Waals surface area contributed by atoms with E-state index in [-0.39, 0.29) is 11.2 Å². The van der Waals surface area contributed by atoms with E-state index in [1.54, 1.807) is 26.1 Å². The first-order chi connectivity index (χ1) is 15.6. The monoisotopic (exact) mass is 450 g/mol. The van der Waals surface area contributed by atoms with Crippen LogP contribution in [-0.2, 0) is 4.79 Å². The van der Waals surface area contributed by atoms with Crippen molar-refractivity contribution in [1.29, 1.82) is 0 Å². The standard InChI is InChI=1S/C25H30N4O2S/c1-28(2)24(30)22(18-10-6-4-7-11-18)32-25-27-26-23(19-14-16-21(31-3)17-15-19)29(25)20-12-8-5-9-13-20/h4,6-7,10-11,14-17,20,22H,5,8-9,12-13H2,1-3H3/t22-/m0/s1. The normalized spacial score (nSPS) is 15.3. The molecule has 0 unspecified atom stereocenters. The van der Waals surface area contributed by atoms with E-state index in [1.807, 2.05) is 54.6 Å². The van der Waals surface area contributed by atoms with Crippen molar-refractivity contribution in [2.24, 2.45) is 0 Å². The van der Waals surface area contributed by atoms with Gasteiger partial charge in [0.1, 0.15) is 11.0 Å². The number of amides is 1. The Kier molecular flexibility index (Phi) is 7.15. The maximum absolute atomic E-state index is 13.1. The minimum atomic E-state index is -0.374. The van der Waals surface area contributed by atoms with Crippen LogP contribution < -0.4 is 4.74 Å². The van der Waals surface area contributed by atoms with Crippen molar-refractivity contribution in [3.05, 3.63) is 60.2 Å². The molecule has 0 N–H and O–H groups in total. The van der Waals surface area contributed by atoms with Gasteiger partial charge < -0.3 is 9.64 Å². The number of aromatic nitrogens is 3. The molecule has 0 aliphatic heterocycles. The summed E-state index contributed by atoms with van der Waals surface area (Å²) in [6, 6.07) is 18.2. The number of methoxy groups -OCH3 is 1. The minimum Gasteiger partial charge on any atom is -0.497 e. The van der Waals surface area contributed by atoms with Gasteiger partial charge in [0.2, 0.25) is 5.91 Å². The van der Waals surface area contributed by atoms with Gasteiger partial charge in [-0.3, -0.25) is 9.36 Å². The number of rotatable bonds is 7. The molecule has 1 aromatic heterocycles. The second-order valence-corrected chi connectivity index (χ2v) is 9.41. The van der Waals surface area contributed by atoms with Crippen molar-refractivity contribution >= 4 is 17.7 Å². The number of benzene rings is 2. The Morgan fingerprint density at radius 1 is 1.03 bits per heavy atom. The summed E-state index contributed by atoms with van der Waals surface area (Å²) < 4.78 is 7.59. The van der Waals surface area contributed by atoms with Gasteiger partial charge in [-0.1, -0.05) is 61.4 Å². The largest absolute Gasteiger partial charge is 0.497 e. The first kappa shape index (κ1) is 22.4. The van der Waals surface area contributed by atoms with E-state index >= 15 is 0 Å². The Morgan fingerprint density at radius 2 is 1.72 bits per heavy atom. The molecular formula is C25H30N4O2S. The van der Waals surface area contributed by atoms with Gasteiger partial charge >= 0.3 is 0 Å². The third kappa shape index (κ3) is 4.83. The van der Waals surface area contributed by atoms with E-state index in [0.29, 0.717) is 6.04 Å². The second-order valence-electron chi connectivity index (χ2n) is 8.34. The van der Waals surface area contributed by atoms with Crippen molar-refractivity contribution in [2.45, 2.75) is 48.6 Å². The smallest absolute Gasteiger partial charge is 0.240 e. The minimum absolute atomic E-state index is 0.0467. The number of thioether (sulfide) groups is 1. The number of hydrogen-bond acceptors (Lipinski definition) is 5. The fourth-order valence-corrected chi connectivity index (χ4v) is 5.44. The van der Waals surface area contributed by atoms with Crippen LogP contribution in [0.25, 0.3) is 11.4 Å². The predicted octanol–water partition coefficient (Wildman–Crippen LogP) is 5.38.